The van der Waals surface area contributed by atoms with E-state index in [0.717, 1.165) is 88.5 Å². The van der Waals surface area contributed by atoms with E-state index < -0.39 is 0 Å². The average molecular weight is 801 g/mol. The number of pyridine rings is 2. The van der Waals surface area contributed by atoms with Crippen LogP contribution in [0.4, 0.5) is 0 Å². The Morgan fingerprint density at radius 2 is 0.810 bits per heavy atom. The Morgan fingerprint density at radius 1 is 0.286 bits per heavy atom. The van der Waals surface area contributed by atoms with Crippen LogP contribution in [0.25, 0.3) is 132 Å². The number of rotatable bonds is 5. The lowest BCUT2D eigenvalue weighted by atomic mass is 9.91. The summed E-state index contributed by atoms with van der Waals surface area (Å²) < 4.78 is 6.63. The summed E-state index contributed by atoms with van der Waals surface area (Å²) >= 11 is 0. The Kier molecular flexibility index (Phi) is 7.91. The minimum atomic E-state index is 0.845. The van der Waals surface area contributed by atoms with Crippen molar-refractivity contribution in [3.8, 4) is 55.9 Å². The van der Waals surface area contributed by atoms with Crippen LogP contribution in [0.2, 0.25) is 0 Å². The van der Waals surface area contributed by atoms with Crippen LogP contribution in [0.3, 0.4) is 0 Å². The molecule has 3 heteroatoms. The first-order valence-electron chi connectivity index (χ1n) is 21.5. The lowest BCUT2D eigenvalue weighted by molar-refractivity contribution is 0.669. The summed E-state index contributed by atoms with van der Waals surface area (Å²) in [5.41, 5.74) is 14.3. The normalized spacial score (nSPS) is 11.8. The Morgan fingerprint density at radius 3 is 1.52 bits per heavy atom. The van der Waals surface area contributed by atoms with Crippen LogP contribution in [-0.4, -0.2) is 9.97 Å². The van der Waals surface area contributed by atoms with E-state index in [1.807, 2.05) is 12.1 Å². The molecule has 0 saturated heterocycles. The SMILES string of the molecule is c1ccc(-c2ccc3c(-c4ccccc4)nc4cccc(-c5cccc6oc7ccc(-c8cccc(-c9ccc%10c%11ccccc%11c%11ccccc%11c%10c9)c8)cc7c56)c4c3n2)cc1. The van der Waals surface area contributed by atoms with Crippen LogP contribution in [0.1, 0.15) is 0 Å². The summed E-state index contributed by atoms with van der Waals surface area (Å²) in [4.78, 5) is 10.8. The Bertz CT molecular complexity index is 3930. The van der Waals surface area contributed by atoms with Crippen LogP contribution >= 0.6 is 0 Å². The fraction of sp³-hybridized carbons (Fsp3) is 0. The highest BCUT2D eigenvalue weighted by molar-refractivity contribution is 6.26. The van der Waals surface area contributed by atoms with E-state index in [-0.39, 0.29) is 0 Å². The van der Waals surface area contributed by atoms with E-state index in [2.05, 4.69) is 206 Å². The van der Waals surface area contributed by atoms with Crippen LogP contribution in [0.5, 0.6) is 0 Å². The lowest BCUT2D eigenvalue weighted by Crippen LogP contribution is -1.95. The summed E-state index contributed by atoms with van der Waals surface area (Å²) in [6, 6.07) is 77.9. The van der Waals surface area contributed by atoms with Crippen molar-refractivity contribution >= 4 is 76.1 Å². The van der Waals surface area contributed by atoms with Gasteiger partial charge in [0.1, 0.15) is 11.2 Å². The topological polar surface area (TPSA) is 38.9 Å². The summed E-state index contributed by atoms with van der Waals surface area (Å²) in [6.07, 6.45) is 0. The quantitative estimate of drug-likeness (QED) is 0.163. The van der Waals surface area contributed by atoms with E-state index in [0.29, 0.717) is 0 Å². The molecule has 10 aromatic carbocycles. The van der Waals surface area contributed by atoms with Gasteiger partial charge in [-0.15, -0.1) is 0 Å². The molecule has 13 rings (SSSR count). The van der Waals surface area contributed by atoms with Crippen molar-refractivity contribution in [1.29, 1.82) is 0 Å². The first-order chi connectivity index (χ1) is 31.2. The number of fused-ring (bicyclic) bond motifs is 12. The minimum absolute atomic E-state index is 0.845. The Hall–Kier alpha value is -8.40. The first kappa shape index (κ1) is 35.4. The highest BCUT2D eigenvalue weighted by Gasteiger charge is 2.20. The zero-order valence-electron chi connectivity index (χ0n) is 34.1. The monoisotopic (exact) mass is 800 g/mol. The molecule has 0 aliphatic rings. The molecule has 63 heavy (non-hydrogen) atoms. The molecular formula is C60H36N2O. The summed E-state index contributed by atoms with van der Waals surface area (Å²) in [6.45, 7) is 0. The molecule has 0 amide bonds. The van der Waals surface area contributed by atoms with Crippen molar-refractivity contribution < 1.29 is 4.42 Å². The highest BCUT2D eigenvalue weighted by Crippen LogP contribution is 2.44. The minimum Gasteiger partial charge on any atom is -0.456 e. The summed E-state index contributed by atoms with van der Waals surface area (Å²) in [5, 5.41) is 11.9. The molecule has 13 aromatic rings. The van der Waals surface area contributed by atoms with Gasteiger partial charge in [0.2, 0.25) is 0 Å². The summed E-state index contributed by atoms with van der Waals surface area (Å²) in [5.74, 6) is 0. The third-order valence-corrected chi connectivity index (χ3v) is 12.8. The molecule has 0 aliphatic carbocycles. The van der Waals surface area contributed by atoms with Crippen molar-refractivity contribution in [1.82, 2.24) is 9.97 Å². The molecule has 3 aromatic heterocycles. The van der Waals surface area contributed by atoms with Gasteiger partial charge in [0.25, 0.3) is 0 Å². The second-order valence-corrected chi connectivity index (χ2v) is 16.4. The number of nitrogens with zero attached hydrogens (tertiary/aromatic N) is 2. The van der Waals surface area contributed by atoms with Gasteiger partial charge >= 0.3 is 0 Å². The van der Waals surface area contributed by atoms with Gasteiger partial charge < -0.3 is 4.42 Å². The predicted molar refractivity (Wildman–Crippen MR) is 264 cm³/mol. The molecule has 0 radical (unpaired) electrons. The van der Waals surface area contributed by atoms with Gasteiger partial charge in [-0.05, 0) is 114 Å². The lowest BCUT2D eigenvalue weighted by Gasteiger charge is -2.15. The molecule has 0 atom stereocenters. The molecule has 292 valence electrons. The zero-order chi connectivity index (χ0) is 41.4. The third kappa shape index (κ3) is 5.67. The van der Waals surface area contributed by atoms with E-state index in [1.54, 1.807) is 0 Å². The maximum atomic E-state index is 6.63. The molecule has 3 heterocycles. The number of furan rings is 1. The fourth-order valence-electron chi connectivity index (χ4n) is 9.91. The molecule has 0 aliphatic heterocycles. The first-order valence-corrected chi connectivity index (χ1v) is 21.5. The van der Waals surface area contributed by atoms with Gasteiger partial charge in [-0.3, -0.25) is 0 Å². The van der Waals surface area contributed by atoms with Crippen molar-refractivity contribution in [2.45, 2.75) is 0 Å². The van der Waals surface area contributed by atoms with Gasteiger partial charge in [0.05, 0.1) is 22.4 Å². The second-order valence-electron chi connectivity index (χ2n) is 16.4. The molecule has 0 spiro atoms. The molecule has 0 bridgehead atoms. The average Bonchev–Trinajstić information content (AvgIpc) is 3.75. The molecular weight excluding hydrogens is 765 g/mol. The number of hydrogen-bond donors (Lipinski definition) is 0. The van der Waals surface area contributed by atoms with Crippen LogP contribution in [0.15, 0.2) is 223 Å². The van der Waals surface area contributed by atoms with E-state index in [1.165, 1.54) is 43.4 Å². The van der Waals surface area contributed by atoms with Gasteiger partial charge in [-0.1, -0.05) is 170 Å². The number of benzene rings is 10. The number of hydrogen-bond acceptors (Lipinski definition) is 3. The second kappa shape index (κ2) is 14.1. The van der Waals surface area contributed by atoms with E-state index in [4.69, 9.17) is 14.4 Å². The molecule has 0 unspecified atom stereocenters. The van der Waals surface area contributed by atoms with Gasteiger partial charge in [0.15, 0.2) is 0 Å². The van der Waals surface area contributed by atoms with Crippen LogP contribution in [0, 0.1) is 0 Å². The molecule has 0 N–H and O–H groups in total. The van der Waals surface area contributed by atoms with Crippen molar-refractivity contribution in [2.24, 2.45) is 0 Å². The molecule has 0 saturated carbocycles. The zero-order valence-corrected chi connectivity index (χ0v) is 34.1. The maximum Gasteiger partial charge on any atom is 0.136 e. The Balaban J connectivity index is 0.983. The van der Waals surface area contributed by atoms with Crippen molar-refractivity contribution in [2.75, 3.05) is 0 Å². The number of aromatic nitrogens is 2. The van der Waals surface area contributed by atoms with Crippen molar-refractivity contribution in [3.05, 3.63) is 218 Å². The smallest absolute Gasteiger partial charge is 0.136 e. The highest BCUT2D eigenvalue weighted by atomic mass is 16.3. The van der Waals surface area contributed by atoms with E-state index in [9.17, 15) is 0 Å². The van der Waals surface area contributed by atoms with Crippen LogP contribution in [-0.2, 0) is 0 Å². The van der Waals surface area contributed by atoms with Gasteiger partial charge in [-0.25, -0.2) is 9.97 Å². The van der Waals surface area contributed by atoms with Gasteiger partial charge in [-0.2, -0.15) is 0 Å². The van der Waals surface area contributed by atoms with Gasteiger partial charge in [0, 0.05) is 32.7 Å². The fourth-order valence-corrected chi connectivity index (χ4v) is 9.91. The standard InChI is InChI=1S/C60H36N2O/c1-3-14-37(15-4-1)53-32-31-50-59(38-16-5-2-6-17-38)62-54-26-12-24-49(58(54)60(50)61-53)48-25-13-27-56-57(48)52-36-42(29-33-55(52)63-56)40-19-11-18-39(34-40)41-28-30-47-45-22-8-7-20-43(45)44-21-9-10-23-46(44)51(47)35-41/h1-36H. The van der Waals surface area contributed by atoms with Crippen molar-refractivity contribution in [3.63, 3.8) is 0 Å². The van der Waals surface area contributed by atoms with Crippen LogP contribution < -0.4 is 0 Å². The molecule has 3 nitrogen and oxygen atoms in total. The van der Waals surface area contributed by atoms with E-state index >= 15 is 0 Å². The maximum absolute atomic E-state index is 6.63. The predicted octanol–water partition coefficient (Wildman–Crippen LogP) is 16.5. The summed E-state index contributed by atoms with van der Waals surface area (Å²) in [7, 11) is 0. The largest absolute Gasteiger partial charge is 0.456 e. The Labute approximate surface area is 363 Å². The third-order valence-electron chi connectivity index (χ3n) is 12.8. The molecule has 0 fully saturated rings.